The van der Waals surface area contributed by atoms with E-state index in [0.29, 0.717) is 28.5 Å². The Labute approximate surface area is 205 Å². The van der Waals surface area contributed by atoms with Gasteiger partial charge < -0.3 is 30.0 Å². The van der Waals surface area contributed by atoms with Crippen LogP contribution in [-0.4, -0.2) is 57.5 Å². The van der Waals surface area contributed by atoms with Crippen molar-refractivity contribution in [3.8, 4) is 5.75 Å². The van der Waals surface area contributed by atoms with Gasteiger partial charge in [-0.15, -0.1) is 10.2 Å². The minimum Gasteiger partial charge on any atom is -0.479 e. The number of fused-ring (bicyclic) bond motifs is 1. The third-order valence-corrected chi connectivity index (χ3v) is 6.19. The van der Waals surface area contributed by atoms with Crippen LogP contribution >= 0.6 is 0 Å². The first-order valence-electron chi connectivity index (χ1n) is 11.0. The molecule has 10 nitrogen and oxygen atoms in total. The van der Waals surface area contributed by atoms with Crippen LogP contribution in [0.4, 0.5) is 24.5 Å². The van der Waals surface area contributed by atoms with E-state index < -0.39 is 35.8 Å². The first-order chi connectivity index (χ1) is 17.0. The molecule has 1 aliphatic rings. The zero-order valence-corrected chi connectivity index (χ0v) is 20.1. The SMILES string of the molecule is COC(OC)[C@]1(C)Oc2ccc(N)cc2[C@@H](N(Cc2nnn(C)n2)c2ccc(C(F)(F)F)cc2)[C@@H]1O. The molecule has 1 aliphatic heterocycles. The van der Waals surface area contributed by atoms with Gasteiger partial charge in [0.15, 0.2) is 17.7 Å². The molecule has 0 saturated carbocycles. The number of hydrogen-bond donors (Lipinski definition) is 2. The number of nitrogen functional groups attached to an aromatic ring is 1. The molecule has 0 bridgehead atoms. The van der Waals surface area contributed by atoms with Crippen molar-refractivity contribution >= 4 is 11.4 Å². The highest BCUT2D eigenvalue weighted by atomic mass is 19.4. The Balaban J connectivity index is 1.88. The molecule has 3 atom stereocenters. The van der Waals surface area contributed by atoms with E-state index in [-0.39, 0.29) is 6.54 Å². The third kappa shape index (κ3) is 4.68. The fraction of sp³-hybridized carbons (Fsp3) is 0.435. The Morgan fingerprint density at radius 3 is 2.42 bits per heavy atom. The summed E-state index contributed by atoms with van der Waals surface area (Å²) in [6.07, 6.45) is -6.78. The fourth-order valence-electron chi connectivity index (χ4n) is 4.49. The number of aryl methyl sites for hydroxylation is 1. The zero-order valence-electron chi connectivity index (χ0n) is 20.1. The average Bonchev–Trinajstić information content (AvgIpc) is 3.24. The van der Waals surface area contributed by atoms with Crippen LogP contribution in [0.5, 0.6) is 5.75 Å². The summed E-state index contributed by atoms with van der Waals surface area (Å²) >= 11 is 0. The van der Waals surface area contributed by atoms with Gasteiger partial charge in [0.25, 0.3) is 0 Å². The molecule has 0 amide bonds. The molecule has 0 saturated heterocycles. The summed E-state index contributed by atoms with van der Waals surface area (Å²) in [6.45, 7) is 1.64. The number of aliphatic hydroxyl groups is 1. The lowest BCUT2D eigenvalue weighted by molar-refractivity contribution is -0.237. The van der Waals surface area contributed by atoms with Crippen LogP contribution in [0, 0.1) is 0 Å². The summed E-state index contributed by atoms with van der Waals surface area (Å²) in [5.74, 6) is 0.698. The van der Waals surface area contributed by atoms with Gasteiger partial charge in [-0.3, -0.25) is 0 Å². The van der Waals surface area contributed by atoms with Crippen molar-refractivity contribution in [3.05, 3.63) is 59.4 Å². The number of ether oxygens (including phenoxy) is 3. The predicted molar refractivity (Wildman–Crippen MR) is 123 cm³/mol. The van der Waals surface area contributed by atoms with E-state index >= 15 is 0 Å². The summed E-state index contributed by atoms with van der Waals surface area (Å²) in [6, 6.07) is 8.71. The van der Waals surface area contributed by atoms with Crippen molar-refractivity contribution in [2.24, 2.45) is 7.05 Å². The Morgan fingerprint density at radius 2 is 1.86 bits per heavy atom. The van der Waals surface area contributed by atoms with Crippen molar-refractivity contribution < 1.29 is 32.5 Å². The summed E-state index contributed by atoms with van der Waals surface area (Å²) in [7, 11) is 4.43. The third-order valence-electron chi connectivity index (χ3n) is 6.19. The highest BCUT2D eigenvalue weighted by molar-refractivity contribution is 5.57. The second-order valence-corrected chi connectivity index (χ2v) is 8.64. The van der Waals surface area contributed by atoms with Gasteiger partial charge in [-0.1, -0.05) is 0 Å². The van der Waals surface area contributed by atoms with Crippen molar-refractivity contribution in [2.75, 3.05) is 24.9 Å². The summed E-state index contributed by atoms with van der Waals surface area (Å²) in [4.78, 5) is 2.95. The summed E-state index contributed by atoms with van der Waals surface area (Å²) in [5.41, 5.74) is 5.17. The molecule has 4 rings (SSSR count). The number of aliphatic hydroxyl groups excluding tert-OH is 1. The maximum absolute atomic E-state index is 13.3. The van der Waals surface area contributed by atoms with Crippen LogP contribution in [0.3, 0.4) is 0 Å². The molecule has 36 heavy (non-hydrogen) atoms. The Hall–Kier alpha value is -3.42. The number of rotatable bonds is 7. The van der Waals surface area contributed by atoms with E-state index in [0.717, 1.165) is 12.1 Å². The molecule has 2 aromatic carbocycles. The Kier molecular flexibility index (Phi) is 6.82. The number of hydrogen-bond acceptors (Lipinski definition) is 9. The second-order valence-electron chi connectivity index (χ2n) is 8.64. The molecular formula is C23H27F3N6O4. The minimum absolute atomic E-state index is 0.00980. The van der Waals surface area contributed by atoms with Gasteiger partial charge in [-0.2, -0.15) is 18.0 Å². The van der Waals surface area contributed by atoms with Crippen LogP contribution in [0.25, 0.3) is 0 Å². The van der Waals surface area contributed by atoms with E-state index in [1.807, 2.05) is 0 Å². The number of nitrogens with zero attached hydrogens (tertiary/aromatic N) is 5. The van der Waals surface area contributed by atoms with Crippen molar-refractivity contribution in [2.45, 2.75) is 43.7 Å². The van der Waals surface area contributed by atoms with Crippen LogP contribution in [0.15, 0.2) is 42.5 Å². The topological polar surface area (TPSA) is 121 Å². The van der Waals surface area contributed by atoms with Crippen molar-refractivity contribution in [3.63, 3.8) is 0 Å². The van der Waals surface area contributed by atoms with Gasteiger partial charge >= 0.3 is 6.18 Å². The van der Waals surface area contributed by atoms with Gasteiger partial charge in [0.2, 0.25) is 0 Å². The second kappa shape index (κ2) is 9.56. The van der Waals surface area contributed by atoms with Gasteiger partial charge in [-0.25, -0.2) is 0 Å². The Bertz CT molecular complexity index is 1200. The quantitative estimate of drug-likeness (QED) is 0.367. The molecule has 0 fully saturated rings. The highest BCUT2D eigenvalue weighted by Crippen LogP contribution is 2.47. The monoisotopic (exact) mass is 508 g/mol. The zero-order chi connectivity index (χ0) is 26.3. The molecule has 0 aliphatic carbocycles. The average molecular weight is 509 g/mol. The summed E-state index contributed by atoms with van der Waals surface area (Å²) < 4.78 is 56.8. The molecule has 3 aromatic rings. The molecule has 0 spiro atoms. The molecule has 2 heterocycles. The van der Waals surface area contributed by atoms with E-state index in [1.165, 1.54) is 31.1 Å². The maximum Gasteiger partial charge on any atom is 0.416 e. The van der Waals surface area contributed by atoms with Crippen LogP contribution in [-0.2, 0) is 29.2 Å². The predicted octanol–water partition coefficient (Wildman–Crippen LogP) is 2.69. The largest absolute Gasteiger partial charge is 0.479 e. The van der Waals surface area contributed by atoms with Crippen LogP contribution < -0.4 is 15.4 Å². The van der Waals surface area contributed by atoms with E-state index in [1.54, 1.807) is 37.1 Å². The molecule has 194 valence electrons. The standard InChI is InChI=1S/C23H27F3N6O4/c1-22(21(34-3)35-4)20(33)19(16-11-14(27)7-10-17(16)36-22)32(12-18-28-30-31(2)29-18)15-8-5-13(6-9-15)23(24,25)26/h5-11,19-21,33H,12,27H2,1-4H3/t19-,20+,22-/m1/s1. The maximum atomic E-state index is 13.3. The van der Waals surface area contributed by atoms with E-state index in [9.17, 15) is 18.3 Å². The number of tetrazole rings is 1. The Morgan fingerprint density at radius 1 is 1.19 bits per heavy atom. The normalized spacial score (nSPS) is 21.8. The van der Waals surface area contributed by atoms with Crippen molar-refractivity contribution in [1.82, 2.24) is 20.2 Å². The lowest BCUT2D eigenvalue weighted by atomic mass is 9.83. The van der Waals surface area contributed by atoms with E-state index in [4.69, 9.17) is 19.9 Å². The number of benzene rings is 2. The van der Waals surface area contributed by atoms with Gasteiger partial charge in [0, 0.05) is 31.2 Å². The lowest BCUT2D eigenvalue weighted by Gasteiger charge is -2.49. The first-order valence-corrected chi connectivity index (χ1v) is 11.0. The minimum atomic E-state index is -4.50. The number of alkyl halides is 3. The number of anilines is 2. The molecule has 0 unspecified atom stereocenters. The van der Waals surface area contributed by atoms with E-state index in [2.05, 4.69) is 15.4 Å². The number of nitrogens with two attached hydrogens (primary N) is 1. The van der Waals surface area contributed by atoms with Gasteiger partial charge in [-0.05, 0) is 54.6 Å². The first kappa shape index (κ1) is 25.7. The lowest BCUT2D eigenvalue weighted by Crippen LogP contribution is -2.62. The molecule has 3 N–H and O–H groups in total. The van der Waals surface area contributed by atoms with Crippen molar-refractivity contribution in [1.29, 1.82) is 0 Å². The summed E-state index contributed by atoms with van der Waals surface area (Å²) in [5, 5.41) is 23.8. The molecule has 0 radical (unpaired) electrons. The fourth-order valence-corrected chi connectivity index (χ4v) is 4.49. The number of methoxy groups -OCH3 is 2. The highest BCUT2D eigenvalue weighted by Gasteiger charge is 2.54. The van der Waals surface area contributed by atoms with Gasteiger partial charge in [0.1, 0.15) is 11.9 Å². The smallest absolute Gasteiger partial charge is 0.416 e. The van der Waals surface area contributed by atoms with Crippen LogP contribution in [0.2, 0.25) is 0 Å². The molecule has 1 aromatic heterocycles. The number of aromatic nitrogens is 4. The number of halogens is 3. The van der Waals surface area contributed by atoms with Crippen LogP contribution in [0.1, 0.15) is 29.9 Å². The van der Waals surface area contributed by atoms with Gasteiger partial charge in [0.05, 0.1) is 25.2 Å². The molecular weight excluding hydrogens is 481 g/mol. The molecule has 13 heteroatoms.